The number of fused-ring (bicyclic) bond motifs is 1. The minimum absolute atomic E-state index is 0.00856. The molecule has 1 unspecified atom stereocenters. The molecule has 0 bridgehead atoms. The van der Waals surface area contributed by atoms with Gasteiger partial charge in [-0.2, -0.15) is 13.4 Å². The Balaban J connectivity index is 2.00. The molecule has 1 fully saturated rings. The summed E-state index contributed by atoms with van der Waals surface area (Å²) >= 11 is 5.93. The van der Waals surface area contributed by atoms with Gasteiger partial charge in [0, 0.05) is 19.2 Å². The first-order valence-electron chi connectivity index (χ1n) is 5.61. The van der Waals surface area contributed by atoms with Crippen molar-refractivity contribution in [2.75, 3.05) is 11.4 Å². The average molecular weight is 319 g/mol. The van der Waals surface area contributed by atoms with E-state index in [1.807, 2.05) is 0 Å². The molecular weight excluding hydrogens is 311 g/mol. The van der Waals surface area contributed by atoms with E-state index in [-0.39, 0.29) is 12.5 Å². The van der Waals surface area contributed by atoms with Gasteiger partial charge in [-0.1, -0.05) is 11.6 Å². The number of nitrogens with zero attached hydrogens (tertiary/aromatic N) is 4. The first-order chi connectivity index (χ1) is 9.36. The minimum atomic E-state index is -4.77. The SMILES string of the molecule is O=C1CC(S(=O)(=O)F)CN1c1nc2c(Cl)cccn2n1. The Morgan fingerprint density at radius 2 is 2.20 bits per heavy atom. The largest absolute Gasteiger partial charge is 0.307 e. The van der Waals surface area contributed by atoms with Crippen molar-refractivity contribution in [1.29, 1.82) is 0 Å². The van der Waals surface area contributed by atoms with Crippen LogP contribution in [0.4, 0.5) is 9.83 Å². The summed E-state index contributed by atoms with van der Waals surface area (Å²) in [6.07, 6.45) is 1.17. The van der Waals surface area contributed by atoms with Crippen LogP contribution >= 0.6 is 11.6 Å². The van der Waals surface area contributed by atoms with Gasteiger partial charge in [0.1, 0.15) is 5.25 Å². The molecule has 2 aromatic heterocycles. The molecule has 1 aliphatic rings. The lowest BCUT2D eigenvalue weighted by Gasteiger charge is -2.09. The van der Waals surface area contributed by atoms with E-state index in [2.05, 4.69) is 10.1 Å². The Kier molecular flexibility index (Phi) is 2.91. The van der Waals surface area contributed by atoms with Crippen molar-refractivity contribution in [2.45, 2.75) is 11.7 Å². The third kappa shape index (κ3) is 2.12. The predicted molar refractivity (Wildman–Crippen MR) is 68.8 cm³/mol. The van der Waals surface area contributed by atoms with Gasteiger partial charge in [-0.3, -0.25) is 9.69 Å². The van der Waals surface area contributed by atoms with Gasteiger partial charge >= 0.3 is 10.2 Å². The second kappa shape index (κ2) is 4.38. The lowest BCUT2D eigenvalue weighted by molar-refractivity contribution is -0.117. The standard InChI is InChI=1S/C10H8ClFN4O3S/c11-7-2-1-3-16-9(7)13-10(14-16)15-5-6(4-8(15)17)20(12,18)19/h1-3,6H,4-5H2. The fourth-order valence-corrected chi connectivity index (χ4v) is 2.90. The van der Waals surface area contributed by atoms with E-state index < -0.39 is 27.8 Å². The number of anilines is 1. The third-order valence-corrected chi connectivity index (χ3v) is 4.44. The molecule has 0 aromatic carbocycles. The van der Waals surface area contributed by atoms with E-state index in [1.54, 1.807) is 18.3 Å². The second-order valence-corrected chi connectivity index (χ2v) is 6.37. The Labute approximate surface area is 118 Å². The quantitative estimate of drug-likeness (QED) is 0.764. The van der Waals surface area contributed by atoms with Crippen LogP contribution in [0.2, 0.25) is 5.02 Å². The number of rotatable bonds is 2. The van der Waals surface area contributed by atoms with Crippen molar-refractivity contribution in [1.82, 2.24) is 14.6 Å². The van der Waals surface area contributed by atoms with E-state index in [4.69, 9.17) is 11.6 Å². The van der Waals surface area contributed by atoms with Crippen molar-refractivity contribution < 1.29 is 17.1 Å². The lowest BCUT2D eigenvalue weighted by Crippen LogP contribution is -2.27. The second-order valence-electron chi connectivity index (χ2n) is 4.34. The van der Waals surface area contributed by atoms with Gasteiger partial charge in [0.2, 0.25) is 5.91 Å². The minimum Gasteiger partial charge on any atom is -0.278 e. The molecule has 3 rings (SSSR count). The Hall–Kier alpha value is -1.74. The molecule has 2 aromatic rings. The van der Waals surface area contributed by atoms with Gasteiger partial charge in [-0.15, -0.1) is 8.98 Å². The molecule has 1 atom stereocenters. The molecule has 0 spiro atoms. The molecule has 20 heavy (non-hydrogen) atoms. The molecule has 1 aliphatic heterocycles. The third-order valence-electron chi connectivity index (χ3n) is 3.03. The van der Waals surface area contributed by atoms with Crippen LogP contribution in [0.3, 0.4) is 0 Å². The van der Waals surface area contributed by atoms with Crippen LogP contribution < -0.4 is 4.90 Å². The van der Waals surface area contributed by atoms with Gasteiger partial charge in [0.05, 0.1) is 5.02 Å². The monoisotopic (exact) mass is 318 g/mol. The number of halogens is 2. The summed E-state index contributed by atoms with van der Waals surface area (Å²) in [6, 6.07) is 3.25. The smallest absolute Gasteiger partial charge is 0.278 e. The van der Waals surface area contributed by atoms with E-state index >= 15 is 0 Å². The van der Waals surface area contributed by atoms with Crippen LogP contribution in [-0.4, -0.2) is 40.7 Å². The highest BCUT2D eigenvalue weighted by Gasteiger charge is 2.40. The van der Waals surface area contributed by atoms with Crippen LogP contribution in [0.25, 0.3) is 5.65 Å². The average Bonchev–Trinajstić information content (AvgIpc) is 2.92. The van der Waals surface area contributed by atoms with Crippen LogP contribution in [0.15, 0.2) is 18.3 Å². The maximum atomic E-state index is 13.0. The highest BCUT2D eigenvalue weighted by atomic mass is 35.5. The summed E-state index contributed by atoms with van der Waals surface area (Å²) in [7, 11) is -4.77. The summed E-state index contributed by atoms with van der Waals surface area (Å²) in [6.45, 7) is -0.299. The molecule has 0 saturated carbocycles. The Morgan fingerprint density at radius 3 is 2.80 bits per heavy atom. The number of hydrogen-bond donors (Lipinski definition) is 0. The highest BCUT2D eigenvalue weighted by Crippen LogP contribution is 2.25. The number of aromatic nitrogens is 3. The van der Waals surface area contributed by atoms with Gasteiger partial charge < -0.3 is 0 Å². The Bertz CT molecular complexity index is 806. The molecule has 106 valence electrons. The van der Waals surface area contributed by atoms with E-state index in [0.29, 0.717) is 10.7 Å². The van der Waals surface area contributed by atoms with Crippen molar-refractivity contribution in [2.24, 2.45) is 0 Å². The predicted octanol–water partition coefficient (Wildman–Crippen LogP) is 0.787. The highest BCUT2D eigenvalue weighted by molar-refractivity contribution is 7.87. The lowest BCUT2D eigenvalue weighted by atomic mass is 10.4. The van der Waals surface area contributed by atoms with Crippen molar-refractivity contribution in [3.05, 3.63) is 23.4 Å². The van der Waals surface area contributed by atoms with E-state index in [1.165, 1.54) is 4.52 Å². The van der Waals surface area contributed by atoms with Gasteiger partial charge in [0.15, 0.2) is 5.65 Å². The molecular formula is C10H8ClFN4O3S. The first kappa shape index (κ1) is 13.3. The number of pyridine rings is 1. The van der Waals surface area contributed by atoms with E-state index in [9.17, 15) is 17.1 Å². The maximum Gasteiger partial charge on any atom is 0.307 e. The molecule has 1 amide bonds. The fraction of sp³-hybridized carbons (Fsp3) is 0.300. The van der Waals surface area contributed by atoms with Gasteiger partial charge in [-0.05, 0) is 12.1 Å². The summed E-state index contributed by atoms with van der Waals surface area (Å²) in [5.74, 6) is -0.530. The number of hydrogen-bond acceptors (Lipinski definition) is 5. The normalized spacial score (nSPS) is 20.0. The zero-order valence-electron chi connectivity index (χ0n) is 9.90. The van der Waals surface area contributed by atoms with E-state index in [0.717, 1.165) is 4.90 Å². The molecule has 0 radical (unpaired) electrons. The van der Waals surface area contributed by atoms with Crippen LogP contribution in [0.1, 0.15) is 6.42 Å². The van der Waals surface area contributed by atoms with Gasteiger partial charge in [0.25, 0.3) is 5.95 Å². The molecule has 10 heteroatoms. The number of carbonyl (C=O) groups excluding carboxylic acids is 1. The number of amides is 1. The van der Waals surface area contributed by atoms with Crippen molar-refractivity contribution in [3.8, 4) is 0 Å². The zero-order valence-corrected chi connectivity index (χ0v) is 11.5. The summed E-state index contributed by atoms with van der Waals surface area (Å²) < 4.78 is 36.1. The van der Waals surface area contributed by atoms with Crippen LogP contribution in [-0.2, 0) is 15.0 Å². The summed E-state index contributed by atoms with van der Waals surface area (Å²) in [4.78, 5) is 16.9. The fourth-order valence-electron chi connectivity index (χ4n) is 2.03. The van der Waals surface area contributed by atoms with Crippen molar-refractivity contribution in [3.63, 3.8) is 0 Å². The Morgan fingerprint density at radius 1 is 1.45 bits per heavy atom. The van der Waals surface area contributed by atoms with Crippen LogP contribution in [0.5, 0.6) is 0 Å². The number of carbonyl (C=O) groups is 1. The first-order valence-corrected chi connectivity index (χ1v) is 7.43. The summed E-state index contributed by atoms with van der Waals surface area (Å²) in [5, 5.41) is 2.99. The van der Waals surface area contributed by atoms with Gasteiger partial charge in [-0.25, -0.2) is 4.52 Å². The molecule has 1 saturated heterocycles. The van der Waals surface area contributed by atoms with Crippen molar-refractivity contribution >= 4 is 39.3 Å². The molecule has 0 N–H and O–H groups in total. The molecule has 3 heterocycles. The maximum absolute atomic E-state index is 13.0. The molecule has 0 aliphatic carbocycles. The topological polar surface area (TPSA) is 84.6 Å². The summed E-state index contributed by atoms with van der Waals surface area (Å²) in [5.41, 5.74) is 0.337. The molecule has 7 nitrogen and oxygen atoms in total. The zero-order chi connectivity index (χ0) is 14.5. The van der Waals surface area contributed by atoms with Crippen LogP contribution in [0, 0.1) is 0 Å².